The van der Waals surface area contributed by atoms with E-state index in [2.05, 4.69) is 51.5 Å². The molecule has 4 rings (SSSR count). The minimum absolute atomic E-state index is 0.0908. The number of fused-ring (bicyclic) bond motifs is 1. The quantitative estimate of drug-likeness (QED) is 0.665. The third-order valence-corrected chi connectivity index (χ3v) is 5.17. The predicted octanol–water partition coefficient (Wildman–Crippen LogP) is 4.84. The molecule has 1 aromatic carbocycles. The van der Waals surface area contributed by atoms with Crippen LogP contribution in [0.4, 0.5) is 5.82 Å². The lowest BCUT2D eigenvalue weighted by Gasteiger charge is -2.13. The molecule has 0 bridgehead atoms. The van der Waals surface area contributed by atoms with E-state index in [0.717, 1.165) is 48.1 Å². The van der Waals surface area contributed by atoms with Crippen molar-refractivity contribution >= 4 is 22.8 Å². The number of nitrogens with zero attached hydrogens (tertiary/aromatic N) is 2. The average Bonchev–Trinajstić information content (AvgIpc) is 2.87. The number of benzene rings is 1. The van der Waals surface area contributed by atoms with E-state index in [1.165, 1.54) is 18.4 Å². The van der Waals surface area contributed by atoms with Crippen molar-refractivity contribution < 1.29 is 4.79 Å². The Labute approximate surface area is 153 Å². The number of imidazole rings is 1. The highest BCUT2D eigenvalue weighted by atomic mass is 16.1. The molecule has 0 aliphatic heterocycles. The molecule has 1 saturated carbocycles. The van der Waals surface area contributed by atoms with Crippen LogP contribution >= 0.6 is 0 Å². The lowest BCUT2D eigenvalue weighted by molar-refractivity contribution is -0.120. The van der Waals surface area contributed by atoms with Crippen molar-refractivity contribution in [1.29, 1.82) is 0 Å². The van der Waals surface area contributed by atoms with E-state index in [9.17, 15) is 4.79 Å². The summed E-state index contributed by atoms with van der Waals surface area (Å²) >= 11 is 0. The van der Waals surface area contributed by atoms with Gasteiger partial charge in [-0.05, 0) is 19.8 Å². The Kier molecular flexibility index (Phi) is 4.69. The molecule has 0 atom stereocenters. The fraction of sp³-hybridized carbons (Fsp3) is 0.381. The van der Waals surface area contributed by atoms with E-state index in [1.807, 2.05) is 6.07 Å². The molecule has 0 radical (unpaired) electrons. The smallest absolute Gasteiger partial charge is 0.228 e. The molecule has 3 aromatic rings. The third-order valence-electron chi connectivity index (χ3n) is 5.17. The van der Waals surface area contributed by atoms with E-state index in [-0.39, 0.29) is 11.8 Å². The second-order valence-corrected chi connectivity index (χ2v) is 7.22. The Morgan fingerprint density at radius 2 is 1.85 bits per heavy atom. The van der Waals surface area contributed by atoms with Crippen molar-refractivity contribution in [1.82, 2.24) is 15.0 Å². The maximum absolute atomic E-state index is 12.5. The van der Waals surface area contributed by atoms with Gasteiger partial charge >= 0.3 is 0 Å². The van der Waals surface area contributed by atoms with Gasteiger partial charge in [-0.3, -0.25) is 4.79 Å². The van der Waals surface area contributed by atoms with Crippen LogP contribution in [-0.4, -0.2) is 20.9 Å². The predicted molar refractivity (Wildman–Crippen MR) is 104 cm³/mol. The van der Waals surface area contributed by atoms with E-state index < -0.39 is 0 Å². The summed E-state index contributed by atoms with van der Waals surface area (Å²) in [5.41, 5.74) is 3.94. The fourth-order valence-electron chi connectivity index (χ4n) is 3.60. The molecule has 0 spiro atoms. The summed E-state index contributed by atoms with van der Waals surface area (Å²) in [4.78, 5) is 24.9. The SMILES string of the molecule is Cc1ccc(-c2nc3cc(NC(=O)C4CCCCCC4)ncc3[nH]2)cc1. The molecule has 2 N–H and O–H groups in total. The van der Waals surface area contributed by atoms with Gasteiger partial charge in [0.05, 0.1) is 17.2 Å². The molecule has 1 fully saturated rings. The first kappa shape index (κ1) is 16.8. The monoisotopic (exact) mass is 348 g/mol. The van der Waals surface area contributed by atoms with Crippen LogP contribution in [0.1, 0.15) is 44.1 Å². The first-order chi connectivity index (χ1) is 12.7. The van der Waals surface area contributed by atoms with E-state index >= 15 is 0 Å². The molecule has 5 heteroatoms. The zero-order valence-corrected chi connectivity index (χ0v) is 15.1. The van der Waals surface area contributed by atoms with Gasteiger partial charge in [0.25, 0.3) is 0 Å². The van der Waals surface area contributed by atoms with Gasteiger partial charge in [0.15, 0.2) is 0 Å². The van der Waals surface area contributed by atoms with Crippen molar-refractivity contribution in [2.45, 2.75) is 45.4 Å². The van der Waals surface area contributed by atoms with Crippen LogP contribution in [0.25, 0.3) is 22.4 Å². The third kappa shape index (κ3) is 3.62. The number of aromatic nitrogens is 3. The van der Waals surface area contributed by atoms with Gasteiger partial charge in [0, 0.05) is 17.5 Å². The van der Waals surface area contributed by atoms with E-state index in [4.69, 9.17) is 0 Å². The van der Waals surface area contributed by atoms with Crippen LogP contribution in [0.15, 0.2) is 36.5 Å². The number of amides is 1. The van der Waals surface area contributed by atoms with Crippen LogP contribution in [0.5, 0.6) is 0 Å². The zero-order valence-electron chi connectivity index (χ0n) is 15.1. The standard InChI is InChI=1S/C21H24N4O/c1-14-8-10-15(11-9-14)20-23-17-12-19(22-13-18(17)24-20)25-21(26)16-6-4-2-3-5-7-16/h8-13,16H,2-7H2,1H3,(H,23,24)(H,22,25,26). The van der Waals surface area contributed by atoms with Crippen LogP contribution in [-0.2, 0) is 4.79 Å². The summed E-state index contributed by atoms with van der Waals surface area (Å²) in [5.74, 6) is 1.59. The van der Waals surface area contributed by atoms with Crippen LogP contribution in [0.3, 0.4) is 0 Å². The number of aromatic amines is 1. The summed E-state index contributed by atoms with van der Waals surface area (Å²) < 4.78 is 0. The molecule has 0 unspecified atom stereocenters. The number of nitrogens with one attached hydrogen (secondary N) is 2. The lowest BCUT2D eigenvalue weighted by atomic mass is 9.99. The Balaban J connectivity index is 1.53. The van der Waals surface area contributed by atoms with Gasteiger partial charge in [-0.15, -0.1) is 0 Å². The van der Waals surface area contributed by atoms with Crippen molar-refractivity contribution in [3.63, 3.8) is 0 Å². The number of rotatable bonds is 3. The van der Waals surface area contributed by atoms with Gasteiger partial charge in [0.1, 0.15) is 11.6 Å². The highest BCUT2D eigenvalue weighted by Gasteiger charge is 2.20. The minimum atomic E-state index is 0.0908. The van der Waals surface area contributed by atoms with Crippen molar-refractivity contribution in [3.8, 4) is 11.4 Å². The topological polar surface area (TPSA) is 70.7 Å². The van der Waals surface area contributed by atoms with Crippen LogP contribution < -0.4 is 5.32 Å². The molecule has 26 heavy (non-hydrogen) atoms. The Hall–Kier alpha value is -2.69. The Bertz CT molecular complexity index is 905. The number of H-pyrrole nitrogens is 1. The van der Waals surface area contributed by atoms with Gasteiger partial charge in [-0.2, -0.15) is 0 Å². The molecule has 0 saturated heterocycles. The van der Waals surface area contributed by atoms with E-state index in [0.29, 0.717) is 5.82 Å². The number of anilines is 1. The molecule has 2 heterocycles. The molecule has 2 aromatic heterocycles. The maximum atomic E-state index is 12.5. The van der Waals surface area contributed by atoms with Gasteiger partial charge in [-0.25, -0.2) is 9.97 Å². The highest BCUT2D eigenvalue weighted by Crippen LogP contribution is 2.25. The largest absolute Gasteiger partial charge is 0.337 e. The first-order valence-electron chi connectivity index (χ1n) is 9.43. The minimum Gasteiger partial charge on any atom is -0.337 e. The molecular weight excluding hydrogens is 324 g/mol. The number of aryl methyl sites for hydroxylation is 1. The summed E-state index contributed by atoms with van der Waals surface area (Å²) in [6, 6.07) is 10.1. The number of carbonyl (C=O) groups excluding carboxylic acids is 1. The second kappa shape index (κ2) is 7.28. The number of hydrogen-bond donors (Lipinski definition) is 2. The number of pyridine rings is 1. The van der Waals surface area contributed by atoms with E-state index in [1.54, 1.807) is 6.20 Å². The van der Waals surface area contributed by atoms with Crippen LogP contribution in [0, 0.1) is 12.8 Å². The molecule has 1 aliphatic carbocycles. The molecule has 1 amide bonds. The summed E-state index contributed by atoms with van der Waals surface area (Å²) in [7, 11) is 0. The van der Waals surface area contributed by atoms with Gasteiger partial charge < -0.3 is 10.3 Å². The Morgan fingerprint density at radius 1 is 1.12 bits per heavy atom. The Morgan fingerprint density at radius 3 is 2.58 bits per heavy atom. The average molecular weight is 348 g/mol. The summed E-state index contributed by atoms with van der Waals surface area (Å²) in [6.07, 6.45) is 8.46. The number of hydrogen-bond acceptors (Lipinski definition) is 3. The molecular formula is C21H24N4O. The van der Waals surface area contributed by atoms with Crippen molar-refractivity contribution in [3.05, 3.63) is 42.1 Å². The van der Waals surface area contributed by atoms with Crippen molar-refractivity contribution in [2.75, 3.05) is 5.32 Å². The fourth-order valence-corrected chi connectivity index (χ4v) is 3.60. The van der Waals surface area contributed by atoms with Gasteiger partial charge in [-0.1, -0.05) is 55.5 Å². The van der Waals surface area contributed by atoms with Crippen LogP contribution in [0.2, 0.25) is 0 Å². The molecule has 5 nitrogen and oxygen atoms in total. The van der Waals surface area contributed by atoms with Gasteiger partial charge in [0.2, 0.25) is 5.91 Å². The molecule has 1 aliphatic rings. The number of carbonyl (C=O) groups is 1. The van der Waals surface area contributed by atoms with Crippen molar-refractivity contribution in [2.24, 2.45) is 5.92 Å². The zero-order chi connectivity index (χ0) is 17.9. The lowest BCUT2D eigenvalue weighted by Crippen LogP contribution is -2.22. The summed E-state index contributed by atoms with van der Waals surface area (Å²) in [5, 5.41) is 2.98. The molecule has 134 valence electrons. The first-order valence-corrected chi connectivity index (χ1v) is 9.43. The normalized spacial score (nSPS) is 15.7. The highest BCUT2D eigenvalue weighted by molar-refractivity contribution is 5.93. The maximum Gasteiger partial charge on any atom is 0.228 e. The summed E-state index contributed by atoms with van der Waals surface area (Å²) in [6.45, 7) is 2.07. The second-order valence-electron chi connectivity index (χ2n) is 7.22.